The first-order chi connectivity index (χ1) is 12.5. The lowest BCUT2D eigenvalue weighted by molar-refractivity contribution is -0.121. The Hall–Kier alpha value is -2.13. The number of carbonyl (C=O) groups is 2. The molecule has 0 aliphatic heterocycles. The zero-order valence-electron chi connectivity index (χ0n) is 14.0. The minimum Gasteiger partial charge on any atom is -0.465 e. The van der Waals surface area contributed by atoms with E-state index in [1.54, 1.807) is 18.2 Å². The lowest BCUT2D eigenvalue weighted by atomic mass is 10.1. The molecule has 0 aliphatic rings. The molecule has 0 radical (unpaired) electrons. The number of esters is 1. The third-order valence-corrected chi connectivity index (χ3v) is 3.83. The van der Waals surface area contributed by atoms with Gasteiger partial charge in [0.1, 0.15) is 12.3 Å². The Bertz CT molecular complexity index is 773. The topological polar surface area (TPSA) is 99.9 Å². The summed E-state index contributed by atoms with van der Waals surface area (Å²) in [5.74, 6) is -1.50. The van der Waals surface area contributed by atoms with Gasteiger partial charge in [-0.25, -0.2) is 4.79 Å². The van der Waals surface area contributed by atoms with Crippen molar-refractivity contribution in [1.29, 1.82) is 0 Å². The monoisotopic (exact) mass is 402 g/mol. The Balaban J connectivity index is 2.30. The van der Waals surface area contributed by atoms with E-state index in [4.69, 9.17) is 41.9 Å². The molecule has 1 amide bonds. The molecular weight excluding hydrogens is 387 g/mol. The van der Waals surface area contributed by atoms with Crippen LogP contribution in [0.2, 0.25) is 10.0 Å². The van der Waals surface area contributed by atoms with Crippen molar-refractivity contribution in [3.05, 3.63) is 33.8 Å². The van der Waals surface area contributed by atoms with Gasteiger partial charge in [-0.05, 0) is 12.1 Å². The number of ether oxygens (including phenoxy) is 3. The van der Waals surface area contributed by atoms with Gasteiger partial charge in [-0.1, -0.05) is 34.4 Å². The molecule has 10 heteroatoms. The van der Waals surface area contributed by atoms with Crippen LogP contribution in [0.5, 0.6) is 0 Å². The second kappa shape index (κ2) is 9.54. The normalized spacial score (nSPS) is 10.6. The summed E-state index contributed by atoms with van der Waals surface area (Å²) in [4.78, 5) is 24.1. The fourth-order valence-electron chi connectivity index (χ4n) is 2.03. The molecule has 1 heterocycles. The number of nitrogens with one attached hydrogen (secondary N) is 1. The van der Waals surface area contributed by atoms with Crippen LogP contribution in [-0.2, 0) is 19.0 Å². The van der Waals surface area contributed by atoms with Crippen LogP contribution in [0.15, 0.2) is 22.7 Å². The average Bonchev–Trinajstić information content (AvgIpc) is 3.01. The minimum absolute atomic E-state index is 0.0584. The van der Waals surface area contributed by atoms with E-state index < -0.39 is 11.9 Å². The van der Waals surface area contributed by atoms with Gasteiger partial charge in [0, 0.05) is 12.7 Å². The predicted molar refractivity (Wildman–Crippen MR) is 94.6 cm³/mol. The predicted octanol–water partition coefficient (Wildman–Crippen LogP) is 3.04. The standard InChI is InChI=1S/C16H16Cl2N2O6/c1-23-6-7-25-8-11(21)19-15-13(16(22)24-2)14(20-26-15)12-9(17)4-3-5-10(12)18/h3-5H,6-8H2,1-2H3,(H,19,21). The first-order valence-corrected chi connectivity index (χ1v) is 8.14. The molecule has 0 atom stereocenters. The largest absolute Gasteiger partial charge is 0.465 e. The highest BCUT2D eigenvalue weighted by Gasteiger charge is 2.28. The van der Waals surface area contributed by atoms with E-state index in [0.29, 0.717) is 6.61 Å². The van der Waals surface area contributed by atoms with Crippen LogP contribution in [0.4, 0.5) is 5.88 Å². The maximum atomic E-state index is 12.2. The Labute approximate surface area is 159 Å². The number of carbonyl (C=O) groups excluding carboxylic acids is 2. The van der Waals surface area contributed by atoms with E-state index in [0.717, 1.165) is 0 Å². The van der Waals surface area contributed by atoms with Gasteiger partial charge in [-0.3, -0.25) is 10.1 Å². The molecule has 2 rings (SSSR count). The Kier molecular flexibility index (Phi) is 7.40. The number of nitrogens with zero attached hydrogens (tertiary/aromatic N) is 1. The summed E-state index contributed by atoms with van der Waals surface area (Å²) >= 11 is 12.3. The quantitative estimate of drug-likeness (QED) is 0.534. The van der Waals surface area contributed by atoms with Crippen LogP contribution in [0.3, 0.4) is 0 Å². The molecule has 0 aliphatic carbocycles. The summed E-state index contributed by atoms with van der Waals surface area (Å²) in [6, 6.07) is 4.81. The van der Waals surface area contributed by atoms with Crippen LogP contribution in [-0.4, -0.2) is 51.1 Å². The summed E-state index contributed by atoms with van der Waals surface area (Å²) in [6.45, 7) is 0.329. The molecule has 26 heavy (non-hydrogen) atoms. The number of benzene rings is 1. The number of amides is 1. The first kappa shape index (κ1) is 20.2. The Morgan fingerprint density at radius 1 is 1.19 bits per heavy atom. The van der Waals surface area contributed by atoms with Crippen LogP contribution < -0.4 is 5.32 Å². The van der Waals surface area contributed by atoms with E-state index in [2.05, 4.69) is 10.5 Å². The minimum atomic E-state index is -0.771. The third kappa shape index (κ3) is 4.73. The molecule has 0 spiro atoms. The van der Waals surface area contributed by atoms with Crippen molar-refractivity contribution in [2.75, 3.05) is 39.4 Å². The summed E-state index contributed by atoms with van der Waals surface area (Å²) in [6.07, 6.45) is 0. The average molecular weight is 403 g/mol. The van der Waals surface area contributed by atoms with Gasteiger partial charge in [-0.2, -0.15) is 0 Å². The highest BCUT2D eigenvalue weighted by molar-refractivity contribution is 6.39. The van der Waals surface area contributed by atoms with Gasteiger partial charge in [0.2, 0.25) is 5.88 Å². The van der Waals surface area contributed by atoms with Crippen molar-refractivity contribution >= 4 is 41.0 Å². The number of anilines is 1. The lowest BCUT2D eigenvalue weighted by Gasteiger charge is -2.07. The van der Waals surface area contributed by atoms with Crippen molar-refractivity contribution < 1.29 is 28.3 Å². The summed E-state index contributed by atoms with van der Waals surface area (Å²) in [7, 11) is 2.70. The van der Waals surface area contributed by atoms with Gasteiger partial charge >= 0.3 is 5.97 Å². The zero-order chi connectivity index (χ0) is 19.1. The summed E-state index contributed by atoms with van der Waals surface area (Å²) in [5.41, 5.74) is 0.243. The van der Waals surface area contributed by atoms with Gasteiger partial charge < -0.3 is 18.7 Å². The molecule has 8 nitrogen and oxygen atoms in total. The molecule has 2 aromatic rings. The number of hydrogen-bond acceptors (Lipinski definition) is 7. The molecular formula is C16H16Cl2N2O6. The van der Waals surface area contributed by atoms with Crippen molar-refractivity contribution in [1.82, 2.24) is 5.16 Å². The maximum Gasteiger partial charge on any atom is 0.345 e. The van der Waals surface area contributed by atoms with Crippen LogP contribution in [0, 0.1) is 0 Å². The Morgan fingerprint density at radius 2 is 1.88 bits per heavy atom. The second-order valence-electron chi connectivity index (χ2n) is 4.92. The fourth-order valence-corrected chi connectivity index (χ4v) is 2.61. The summed E-state index contributed by atoms with van der Waals surface area (Å²) in [5, 5.41) is 6.75. The summed E-state index contributed by atoms with van der Waals surface area (Å²) < 4.78 is 19.8. The Morgan fingerprint density at radius 3 is 2.50 bits per heavy atom. The van der Waals surface area contributed by atoms with E-state index in [1.807, 2.05) is 0 Å². The molecule has 1 aromatic carbocycles. The second-order valence-corrected chi connectivity index (χ2v) is 5.73. The number of hydrogen-bond donors (Lipinski definition) is 1. The van der Waals surface area contributed by atoms with Crippen molar-refractivity contribution in [3.8, 4) is 11.3 Å². The fraction of sp³-hybridized carbons (Fsp3) is 0.312. The SMILES string of the molecule is COCCOCC(=O)Nc1onc(-c2c(Cl)cccc2Cl)c1C(=O)OC. The number of methoxy groups -OCH3 is 2. The van der Waals surface area contributed by atoms with Crippen LogP contribution in [0.1, 0.15) is 10.4 Å². The smallest absolute Gasteiger partial charge is 0.345 e. The maximum absolute atomic E-state index is 12.2. The first-order valence-electron chi connectivity index (χ1n) is 7.38. The third-order valence-electron chi connectivity index (χ3n) is 3.20. The zero-order valence-corrected chi connectivity index (χ0v) is 15.5. The van der Waals surface area contributed by atoms with Gasteiger partial charge in [0.05, 0.1) is 30.4 Å². The number of aromatic nitrogens is 1. The van der Waals surface area contributed by atoms with Crippen molar-refractivity contribution in [2.45, 2.75) is 0 Å². The molecule has 0 unspecified atom stereocenters. The number of rotatable bonds is 8. The van der Waals surface area contributed by atoms with E-state index >= 15 is 0 Å². The molecule has 0 fully saturated rings. The van der Waals surface area contributed by atoms with Gasteiger partial charge in [0.25, 0.3) is 5.91 Å². The van der Waals surface area contributed by atoms with E-state index in [9.17, 15) is 9.59 Å². The molecule has 0 saturated carbocycles. The van der Waals surface area contributed by atoms with Gasteiger partial charge in [0.15, 0.2) is 5.56 Å². The highest BCUT2D eigenvalue weighted by Crippen LogP contribution is 2.38. The van der Waals surface area contributed by atoms with E-state index in [-0.39, 0.29) is 46.0 Å². The highest BCUT2D eigenvalue weighted by atomic mass is 35.5. The van der Waals surface area contributed by atoms with Crippen LogP contribution >= 0.6 is 23.2 Å². The molecule has 0 bridgehead atoms. The number of halogens is 2. The van der Waals surface area contributed by atoms with Crippen molar-refractivity contribution in [2.24, 2.45) is 0 Å². The molecule has 0 saturated heterocycles. The molecule has 1 aromatic heterocycles. The van der Waals surface area contributed by atoms with E-state index in [1.165, 1.54) is 14.2 Å². The molecule has 140 valence electrons. The molecule has 1 N–H and O–H groups in total. The van der Waals surface area contributed by atoms with Gasteiger partial charge in [-0.15, -0.1) is 0 Å². The van der Waals surface area contributed by atoms with Crippen molar-refractivity contribution in [3.63, 3.8) is 0 Å². The van der Waals surface area contributed by atoms with Crippen LogP contribution in [0.25, 0.3) is 11.3 Å². The lowest BCUT2D eigenvalue weighted by Crippen LogP contribution is -2.20.